The molecule has 1 aromatic heterocycles. The third kappa shape index (κ3) is 4.43. The van der Waals surface area contributed by atoms with E-state index in [0.717, 1.165) is 5.69 Å². The number of nitrogens with two attached hydrogens (primary N) is 1. The van der Waals surface area contributed by atoms with Crippen molar-refractivity contribution < 1.29 is 10.2 Å². The van der Waals surface area contributed by atoms with Gasteiger partial charge in [0.25, 0.3) is 0 Å². The lowest BCUT2D eigenvalue weighted by Gasteiger charge is -2.06. The predicted octanol–water partition coefficient (Wildman–Crippen LogP) is -0.651. The molecule has 5 N–H and O–H groups in total. The molecule has 1 heterocycles. The molecule has 0 spiro atoms. The van der Waals surface area contributed by atoms with Gasteiger partial charge in [-0.1, -0.05) is 0 Å². The zero-order valence-corrected chi connectivity index (χ0v) is 8.94. The Morgan fingerprint density at radius 2 is 2.27 bits per heavy atom. The Kier molecular flexibility index (Phi) is 5.33. The van der Waals surface area contributed by atoms with Gasteiger partial charge in [0.1, 0.15) is 0 Å². The molecule has 0 aliphatic carbocycles. The molecule has 0 saturated heterocycles. The van der Waals surface area contributed by atoms with Crippen LogP contribution in [0.2, 0.25) is 0 Å². The van der Waals surface area contributed by atoms with Crippen LogP contribution in [0.3, 0.4) is 0 Å². The highest BCUT2D eigenvalue weighted by molar-refractivity contribution is 7.98. The highest BCUT2D eigenvalue weighted by Gasteiger charge is 2.02. The second-order valence-corrected chi connectivity index (χ2v) is 3.92. The van der Waals surface area contributed by atoms with Crippen LogP contribution >= 0.6 is 11.8 Å². The number of hydrazine groups is 1. The van der Waals surface area contributed by atoms with Gasteiger partial charge < -0.3 is 15.6 Å². The maximum absolute atomic E-state index is 9.08. The monoisotopic (exact) mass is 230 g/mol. The first-order valence-electron chi connectivity index (χ1n) is 4.40. The highest BCUT2D eigenvalue weighted by atomic mass is 32.2. The zero-order valence-electron chi connectivity index (χ0n) is 8.13. The first-order valence-corrected chi connectivity index (χ1v) is 5.56. The third-order valence-electron chi connectivity index (χ3n) is 1.62. The van der Waals surface area contributed by atoms with Gasteiger partial charge in [-0.15, -0.1) is 0 Å². The summed E-state index contributed by atoms with van der Waals surface area (Å²) in [5.41, 5.74) is 3.19. The number of aliphatic hydroxyl groups is 2. The maximum atomic E-state index is 9.08. The van der Waals surface area contributed by atoms with Crippen molar-refractivity contribution in [1.29, 1.82) is 0 Å². The van der Waals surface area contributed by atoms with Gasteiger partial charge >= 0.3 is 0 Å². The smallest absolute Gasteiger partial charge is 0.158 e. The molecule has 7 heteroatoms. The maximum Gasteiger partial charge on any atom is 0.158 e. The van der Waals surface area contributed by atoms with E-state index in [-0.39, 0.29) is 6.61 Å². The number of aromatic nitrogens is 2. The Hall–Kier alpha value is -0.890. The number of hydrogen-bond acceptors (Lipinski definition) is 7. The molecule has 0 fully saturated rings. The summed E-state index contributed by atoms with van der Waals surface area (Å²) >= 11 is 1.49. The summed E-state index contributed by atoms with van der Waals surface area (Å²) in [6.07, 6.45) is 2.49. The van der Waals surface area contributed by atoms with Crippen LogP contribution in [0.1, 0.15) is 5.69 Å². The van der Waals surface area contributed by atoms with Crippen molar-refractivity contribution in [1.82, 2.24) is 9.97 Å². The van der Waals surface area contributed by atoms with Crippen molar-refractivity contribution in [2.75, 3.05) is 17.8 Å². The van der Waals surface area contributed by atoms with Crippen LogP contribution in [0, 0.1) is 0 Å². The molecular formula is C8H14N4O2S. The fourth-order valence-corrected chi connectivity index (χ4v) is 1.71. The summed E-state index contributed by atoms with van der Waals surface area (Å²) in [5, 5.41) is 17.7. The molecule has 15 heavy (non-hydrogen) atoms. The number of aliphatic hydroxyl groups excluding tert-OH is 2. The van der Waals surface area contributed by atoms with Crippen molar-refractivity contribution in [2.45, 2.75) is 11.9 Å². The first kappa shape index (κ1) is 12.2. The Balaban J connectivity index is 2.31. The van der Waals surface area contributed by atoms with E-state index < -0.39 is 6.10 Å². The molecule has 0 aliphatic rings. The Morgan fingerprint density at radius 3 is 2.80 bits per heavy atom. The molecule has 6 nitrogen and oxygen atoms in total. The predicted molar refractivity (Wildman–Crippen MR) is 59.1 cm³/mol. The number of nitrogens with zero attached hydrogens (tertiary/aromatic N) is 2. The van der Waals surface area contributed by atoms with E-state index in [2.05, 4.69) is 15.4 Å². The Bertz CT molecular complexity index is 282. The standard InChI is InChI=1S/C8H14N4O2S/c9-12-8-2-10-6(1-11-8)4-15-5-7(14)3-13/h1-2,7,13-14H,3-5,9H2,(H,11,12). The van der Waals surface area contributed by atoms with Crippen LogP contribution in [-0.4, -0.2) is 38.6 Å². The minimum Gasteiger partial charge on any atom is -0.394 e. The third-order valence-corrected chi connectivity index (χ3v) is 2.74. The fourth-order valence-electron chi connectivity index (χ4n) is 0.856. The molecule has 0 aromatic carbocycles. The number of rotatable bonds is 6. The van der Waals surface area contributed by atoms with E-state index in [4.69, 9.17) is 16.1 Å². The van der Waals surface area contributed by atoms with Crippen LogP contribution in [0.5, 0.6) is 0 Å². The molecule has 0 bridgehead atoms. The van der Waals surface area contributed by atoms with E-state index in [1.54, 1.807) is 12.4 Å². The summed E-state index contributed by atoms with van der Waals surface area (Å²) < 4.78 is 0. The van der Waals surface area contributed by atoms with Crippen LogP contribution in [-0.2, 0) is 5.75 Å². The zero-order chi connectivity index (χ0) is 11.1. The van der Waals surface area contributed by atoms with E-state index in [1.807, 2.05) is 0 Å². The molecule has 1 aromatic rings. The summed E-state index contributed by atoms with van der Waals surface area (Å²) in [6, 6.07) is 0. The van der Waals surface area contributed by atoms with Gasteiger partial charge in [-0.2, -0.15) is 11.8 Å². The molecule has 0 saturated carbocycles. The second kappa shape index (κ2) is 6.57. The summed E-state index contributed by atoms with van der Waals surface area (Å²) in [7, 11) is 0. The Morgan fingerprint density at radius 1 is 1.47 bits per heavy atom. The average Bonchev–Trinajstić information content (AvgIpc) is 2.29. The molecular weight excluding hydrogens is 216 g/mol. The molecule has 1 rings (SSSR count). The van der Waals surface area contributed by atoms with Gasteiger partial charge in [-0.3, -0.25) is 4.98 Å². The number of nitrogen functional groups attached to an aromatic ring is 1. The number of anilines is 1. The molecule has 84 valence electrons. The number of hydrogen-bond donors (Lipinski definition) is 4. The van der Waals surface area contributed by atoms with Crippen molar-refractivity contribution in [3.8, 4) is 0 Å². The molecule has 0 amide bonds. The first-order chi connectivity index (χ1) is 7.26. The minimum atomic E-state index is -0.673. The second-order valence-electron chi connectivity index (χ2n) is 2.89. The van der Waals surface area contributed by atoms with Crippen LogP contribution in [0.4, 0.5) is 5.82 Å². The number of nitrogens with one attached hydrogen (secondary N) is 1. The number of thioether (sulfide) groups is 1. The SMILES string of the molecule is NNc1cnc(CSCC(O)CO)cn1. The topological polar surface area (TPSA) is 104 Å². The average molecular weight is 230 g/mol. The van der Waals surface area contributed by atoms with Gasteiger partial charge in [0, 0.05) is 11.5 Å². The van der Waals surface area contributed by atoms with Gasteiger partial charge in [-0.25, -0.2) is 10.8 Å². The Labute approximate surface area is 91.9 Å². The van der Waals surface area contributed by atoms with Gasteiger partial charge in [-0.05, 0) is 0 Å². The van der Waals surface area contributed by atoms with Crippen molar-refractivity contribution in [2.24, 2.45) is 5.84 Å². The lowest BCUT2D eigenvalue weighted by Crippen LogP contribution is -2.14. The summed E-state index contributed by atoms with van der Waals surface area (Å²) in [4.78, 5) is 8.09. The summed E-state index contributed by atoms with van der Waals surface area (Å²) in [6.45, 7) is -0.214. The fraction of sp³-hybridized carbons (Fsp3) is 0.500. The quantitative estimate of drug-likeness (QED) is 0.380. The molecule has 0 aliphatic heterocycles. The van der Waals surface area contributed by atoms with Crippen molar-refractivity contribution in [3.05, 3.63) is 18.1 Å². The van der Waals surface area contributed by atoms with Crippen molar-refractivity contribution >= 4 is 17.6 Å². The lowest BCUT2D eigenvalue weighted by atomic mass is 10.4. The van der Waals surface area contributed by atoms with E-state index in [1.165, 1.54) is 11.8 Å². The van der Waals surface area contributed by atoms with E-state index in [9.17, 15) is 0 Å². The van der Waals surface area contributed by atoms with E-state index >= 15 is 0 Å². The molecule has 1 atom stereocenters. The minimum absolute atomic E-state index is 0.214. The molecule has 1 unspecified atom stereocenters. The lowest BCUT2D eigenvalue weighted by molar-refractivity contribution is 0.113. The van der Waals surface area contributed by atoms with Crippen molar-refractivity contribution in [3.63, 3.8) is 0 Å². The van der Waals surface area contributed by atoms with Gasteiger partial charge in [0.2, 0.25) is 0 Å². The van der Waals surface area contributed by atoms with Gasteiger partial charge in [0.05, 0.1) is 30.8 Å². The summed E-state index contributed by atoms with van der Waals surface area (Å²) in [5.74, 6) is 6.78. The molecule has 0 radical (unpaired) electrons. The highest BCUT2D eigenvalue weighted by Crippen LogP contribution is 2.11. The normalized spacial score (nSPS) is 12.5. The van der Waals surface area contributed by atoms with Crippen LogP contribution in [0.25, 0.3) is 0 Å². The van der Waals surface area contributed by atoms with Crippen LogP contribution < -0.4 is 11.3 Å². The van der Waals surface area contributed by atoms with Gasteiger partial charge in [0.15, 0.2) is 5.82 Å². The van der Waals surface area contributed by atoms with E-state index in [0.29, 0.717) is 17.3 Å². The largest absolute Gasteiger partial charge is 0.394 e. The van der Waals surface area contributed by atoms with Crippen LogP contribution in [0.15, 0.2) is 12.4 Å².